The van der Waals surface area contributed by atoms with E-state index in [-0.39, 0.29) is 11.8 Å². The predicted molar refractivity (Wildman–Crippen MR) is 100 cm³/mol. The van der Waals surface area contributed by atoms with Crippen molar-refractivity contribution in [3.8, 4) is 11.5 Å². The zero-order valence-electron chi connectivity index (χ0n) is 15.5. The van der Waals surface area contributed by atoms with Gasteiger partial charge in [-0.25, -0.2) is 0 Å². The first-order valence-corrected chi connectivity index (χ1v) is 9.02. The molecule has 140 valence electrons. The number of rotatable bonds is 4. The molecule has 3 heterocycles. The maximum absolute atomic E-state index is 13.2. The molecule has 1 unspecified atom stereocenters. The maximum Gasteiger partial charge on any atom is 0.257 e. The molecule has 0 N–H and O–H groups in total. The number of amides is 1. The molecule has 2 aromatic heterocycles. The molecule has 1 fully saturated rings. The van der Waals surface area contributed by atoms with Crippen molar-refractivity contribution in [1.82, 2.24) is 19.5 Å². The minimum absolute atomic E-state index is 0.0516. The van der Waals surface area contributed by atoms with Crippen LogP contribution in [0.3, 0.4) is 0 Å². The van der Waals surface area contributed by atoms with Crippen LogP contribution in [-0.2, 0) is 0 Å². The summed E-state index contributed by atoms with van der Waals surface area (Å²) in [6.07, 6.45) is 3.87. The number of piperidine rings is 1. The van der Waals surface area contributed by atoms with Gasteiger partial charge in [-0.1, -0.05) is 6.07 Å². The van der Waals surface area contributed by atoms with Gasteiger partial charge in [0.2, 0.25) is 0 Å². The van der Waals surface area contributed by atoms with Gasteiger partial charge in [-0.3, -0.25) is 9.20 Å². The van der Waals surface area contributed by atoms with Crippen LogP contribution in [0, 0.1) is 0 Å². The van der Waals surface area contributed by atoms with Crippen LogP contribution in [0.2, 0.25) is 0 Å². The number of benzene rings is 1. The van der Waals surface area contributed by atoms with Crippen LogP contribution < -0.4 is 9.47 Å². The second-order valence-electron chi connectivity index (χ2n) is 6.64. The molecule has 7 nitrogen and oxygen atoms in total. The molecule has 1 amide bonds. The standard InChI is InChI=1S/C20H22N4O3/c1-26-15-8-9-17(27-2)16(12-15)20(25)23-10-5-6-14(13-23)19-22-21-18-7-3-4-11-24(18)19/h3-4,7-9,11-12,14H,5-6,10,13H2,1-2H3. The highest BCUT2D eigenvalue weighted by molar-refractivity contribution is 5.97. The number of hydrogen-bond acceptors (Lipinski definition) is 5. The van der Waals surface area contributed by atoms with Gasteiger partial charge < -0.3 is 14.4 Å². The Bertz CT molecular complexity index is 969. The van der Waals surface area contributed by atoms with Gasteiger partial charge >= 0.3 is 0 Å². The first-order chi connectivity index (χ1) is 13.2. The molecule has 1 aromatic carbocycles. The van der Waals surface area contributed by atoms with Crippen molar-refractivity contribution >= 4 is 11.6 Å². The minimum atomic E-state index is -0.0516. The predicted octanol–water partition coefficient (Wildman–Crippen LogP) is 2.77. The van der Waals surface area contributed by atoms with Gasteiger partial charge in [-0.05, 0) is 43.2 Å². The largest absolute Gasteiger partial charge is 0.497 e. The quantitative estimate of drug-likeness (QED) is 0.710. The third kappa shape index (κ3) is 3.20. The Kier molecular flexibility index (Phi) is 4.66. The van der Waals surface area contributed by atoms with Crippen LogP contribution in [0.5, 0.6) is 11.5 Å². The van der Waals surface area contributed by atoms with E-state index >= 15 is 0 Å². The summed E-state index contributed by atoms with van der Waals surface area (Å²) >= 11 is 0. The fourth-order valence-electron chi connectivity index (χ4n) is 3.66. The fraction of sp³-hybridized carbons (Fsp3) is 0.350. The number of nitrogens with zero attached hydrogens (tertiary/aromatic N) is 4. The van der Waals surface area contributed by atoms with Gasteiger partial charge in [0.05, 0.1) is 19.8 Å². The van der Waals surface area contributed by atoms with Gasteiger partial charge in [0.1, 0.15) is 17.3 Å². The lowest BCUT2D eigenvalue weighted by atomic mass is 9.96. The molecule has 7 heteroatoms. The number of carbonyl (C=O) groups excluding carboxylic acids is 1. The maximum atomic E-state index is 13.2. The lowest BCUT2D eigenvalue weighted by Gasteiger charge is -2.32. The highest BCUT2D eigenvalue weighted by Crippen LogP contribution is 2.30. The van der Waals surface area contributed by atoms with E-state index in [1.54, 1.807) is 32.4 Å². The molecule has 0 bridgehead atoms. The lowest BCUT2D eigenvalue weighted by molar-refractivity contribution is 0.0700. The monoisotopic (exact) mass is 366 g/mol. The molecule has 0 saturated carbocycles. The number of hydrogen-bond donors (Lipinski definition) is 0. The average Bonchev–Trinajstić information content (AvgIpc) is 3.17. The smallest absolute Gasteiger partial charge is 0.257 e. The van der Waals surface area contributed by atoms with Crippen LogP contribution in [0.1, 0.15) is 34.9 Å². The summed E-state index contributed by atoms with van der Waals surface area (Å²) in [5, 5.41) is 8.62. The summed E-state index contributed by atoms with van der Waals surface area (Å²) in [7, 11) is 3.16. The number of carbonyl (C=O) groups is 1. The molecule has 1 aliphatic heterocycles. The summed E-state index contributed by atoms with van der Waals surface area (Å²) in [6, 6.07) is 11.1. The van der Waals surface area contributed by atoms with Crippen molar-refractivity contribution in [2.24, 2.45) is 0 Å². The molecule has 1 atom stereocenters. The van der Waals surface area contributed by atoms with E-state index in [0.717, 1.165) is 24.3 Å². The SMILES string of the molecule is COc1ccc(OC)c(C(=O)N2CCCC(c3nnc4ccccn34)C2)c1. The van der Waals surface area contributed by atoms with Crippen LogP contribution >= 0.6 is 0 Å². The topological polar surface area (TPSA) is 69.0 Å². The number of pyridine rings is 1. The van der Waals surface area contributed by atoms with Gasteiger partial charge in [-0.15, -0.1) is 10.2 Å². The van der Waals surface area contributed by atoms with E-state index in [1.807, 2.05) is 33.7 Å². The molecule has 0 aliphatic carbocycles. The van der Waals surface area contributed by atoms with E-state index in [9.17, 15) is 4.79 Å². The number of likely N-dealkylation sites (tertiary alicyclic amines) is 1. The molecule has 4 rings (SSSR count). The second kappa shape index (κ2) is 7.26. The Morgan fingerprint density at radius 3 is 2.85 bits per heavy atom. The second-order valence-corrected chi connectivity index (χ2v) is 6.64. The van der Waals surface area contributed by atoms with Crippen LogP contribution in [0.25, 0.3) is 5.65 Å². The Hall–Kier alpha value is -3.09. The molecule has 3 aromatic rings. The molecular weight excluding hydrogens is 344 g/mol. The first-order valence-electron chi connectivity index (χ1n) is 9.02. The highest BCUT2D eigenvalue weighted by Gasteiger charge is 2.29. The van der Waals surface area contributed by atoms with Crippen LogP contribution in [-0.4, -0.2) is 52.7 Å². The van der Waals surface area contributed by atoms with Gasteiger partial charge in [0.15, 0.2) is 5.65 Å². The van der Waals surface area contributed by atoms with Gasteiger partial charge in [0, 0.05) is 25.2 Å². The molecule has 0 radical (unpaired) electrons. The first kappa shape index (κ1) is 17.3. The highest BCUT2D eigenvalue weighted by atomic mass is 16.5. The van der Waals surface area contributed by atoms with Crippen molar-refractivity contribution in [2.45, 2.75) is 18.8 Å². The summed E-state index contributed by atoms with van der Waals surface area (Å²) in [5.74, 6) is 2.19. The Morgan fingerprint density at radius 2 is 2.04 bits per heavy atom. The van der Waals surface area contributed by atoms with Crippen molar-refractivity contribution < 1.29 is 14.3 Å². The molecule has 0 spiro atoms. The number of ether oxygens (including phenoxy) is 2. The summed E-state index contributed by atoms with van der Waals surface area (Å²) in [4.78, 5) is 15.0. The van der Waals surface area contributed by atoms with Crippen LogP contribution in [0.15, 0.2) is 42.6 Å². The normalized spacial score (nSPS) is 17.1. The molecular formula is C20H22N4O3. The van der Waals surface area contributed by atoms with Crippen molar-refractivity contribution in [3.63, 3.8) is 0 Å². The number of fused-ring (bicyclic) bond motifs is 1. The fourth-order valence-corrected chi connectivity index (χ4v) is 3.66. The van der Waals surface area contributed by atoms with Crippen molar-refractivity contribution in [3.05, 3.63) is 54.0 Å². The average molecular weight is 366 g/mol. The van der Waals surface area contributed by atoms with E-state index < -0.39 is 0 Å². The molecule has 27 heavy (non-hydrogen) atoms. The minimum Gasteiger partial charge on any atom is -0.497 e. The zero-order valence-corrected chi connectivity index (χ0v) is 15.5. The Morgan fingerprint density at radius 1 is 1.15 bits per heavy atom. The summed E-state index contributed by atoms with van der Waals surface area (Å²) in [6.45, 7) is 1.32. The molecule has 1 saturated heterocycles. The van der Waals surface area contributed by atoms with Gasteiger partial charge in [-0.2, -0.15) is 0 Å². The lowest BCUT2D eigenvalue weighted by Crippen LogP contribution is -2.39. The van der Waals surface area contributed by atoms with Gasteiger partial charge in [0.25, 0.3) is 5.91 Å². The Balaban J connectivity index is 1.61. The number of aromatic nitrogens is 3. The number of methoxy groups -OCH3 is 2. The summed E-state index contributed by atoms with van der Waals surface area (Å²) < 4.78 is 12.7. The van der Waals surface area contributed by atoms with E-state index in [0.29, 0.717) is 30.2 Å². The third-order valence-electron chi connectivity index (χ3n) is 5.05. The molecule has 1 aliphatic rings. The zero-order chi connectivity index (χ0) is 18.8. The Labute approximate surface area is 157 Å². The van der Waals surface area contributed by atoms with E-state index in [2.05, 4.69) is 10.2 Å². The summed E-state index contributed by atoms with van der Waals surface area (Å²) in [5.41, 5.74) is 1.34. The van der Waals surface area contributed by atoms with Crippen molar-refractivity contribution in [2.75, 3.05) is 27.3 Å². The van der Waals surface area contributed by atoms with E-state index in [1.165, 1.54) is 0 Å². The van der Waals surface area contributed by atoms with Crippen molar-refractivity contribution in [1.29, 1.82) is 0 Å². The third-order valence-corrected chi connectivity index (χ3v) is 5.05. The van der Waals surface area contributed by atoms with E-state index in [4.69, 9.17) is 9.47 Å². The van der Waals surface area contributed by atoms with Crippen LogP contribution in [0.4, 0.5) is 0 Å².